The van der Waals surface area contributed by atoms with Gasteiger partial charge in [0.1, 0.15) is 22.3 Å². The number of methoxy groups -OCH3 is 1. The van der Waals surface area contributed by atoms with Gasteiger partial charge in [0.05, 0.1) is 7.11 Å². The molecule has 2 amide bonds. The first-order chi connectivity index (χ1) is 12.0. The number of benzene rings is 1. The minimum absolute atomic E-state index is 0.0537. The Bertz CT molecular complexity index is 776. The number of ether oxygens (including phenoxy) is 1. The van der Waals surface area contributed by atoms with Crippen LogP contribution in [0.2, 0.25) is 0 Å². The van der Waals surface area contributed by atoms with Gasteiger partial charge in [0.2, 0.25) is 5.91 Å². The molecule has 0 aliphatic carbocycles. The fourth-order valence-electron chi connectivity index (χ4n) is 2.73. The number of amides is 2. The quantitative estimate of drug-likeness (QED) is 0.767. The van der Waals surface area contributed by atoms with E-state index in [4.69, 9.17) is 4.74 Å². The van der Waals surface area contributed by atoms with Crippen molar-refractivity contribution in [1.29, 1.82) is 0 Å². The van der Waals surface area contributed by atoms with Gasteiger partial charge in [-0.05, 0) is 37.4 Å². The van der Waals surface area contributed by atoms with Gasteiger partial charge in [0.25, 0.3) is 5.91 Å². The topological polar surface area (TPSA) is 62.7 Å². The van der Waals surface area contributed by atoms with E-state index in [9.17, 15) is 9.59 Å². The van der Waals surface area contributed by atoms with Crippen LogP contribution in [-0.4, -0.2) is 54.2 Å². The number of hydrogen-bond donors (Lipinski definition) is 0. The minimum Gasteiger partial charge on any atom is -0.497 e. The zero-order chi connectivity index (χ0) is 18.0. The van der Waals surface area contributed by atoms with Crippen LogP contribution >= 0.6 is 23.1 Å². The minimum atomic E-state index is -0.188. The molecule has 0 radical (unpaired) electrons. The van der Waals surface area contributed by atoms with Crippen LogP contribution in [0.5, 0.6) is 5.75 Å². The van der Waals surface area contributed by atoms with Crippen molar-refractivity contribution in [1.82, 2.24) is 9.88 Å². The summed E-state index contributed by atoms with van der Waals surface area (Å²) in [6.45, 7) is 2.46. The normalized spacial score (nSPS) is 17.7. The predicted octanol–water partition coefficient (Wildman–Crippen LogP) is 2.75. The molecule has 1 aliphatic heterocycles. The zero-order valence-electron chi connectivity index (χ0n) is 14.3. The van der Waals surface area contributed by atoms with Crippen LogP contribution in [0.3, 0.4) is 0 Å². The molecule has 2 aromatic rings. The maximum Gasteiger partial charge on any atom is 0.274 e. The molecular formula is C17H19N3O3S2. The molecule has 1 saturated heterocycles. The first-order valence-corrected chi connectivity index (χ1v) is 9.89. The van der Waals surface area contributed by atoms with Gasteiger partial charge < -0.3 is 14.5 Å². The number of anilines is 1. The van der Waals surface area contributed by atoms with Crippen LogP contribution in [0.15, 0.2) is 34.0 Å². The van der Waals surface area contributed by atoms with Crippen molar-refractivity contribution in [3.63, 3.8) is 0 Å². The molecule has 6 nitrogen and oxygen atoms in total. The Labute approximate surface area is 154 Å². The van der Waals surface area contributed by atoms with Crippen LogP contribution in [-0.2, 0) is 4.79 Å². The van der Waals surface area contributed by atoms with Gasteiger partial charge in [0.15, 0.2) is 0 Å². The fraction of sp³-hybridized carbons (Fsp3) is 0.353. The van der Waals surface area contributed by atoms with Gasteiger partial charge >= 0.3 is 0 Å². The van der Waals surface area contributed by atoms with Crippen LogP contribution in [0.1, 0.15) is 17.4 Å². The van der Waals surface area contributed by atoms with E-state index in [1.54, 1.807) is 22.3 Å². The van der Waals surface area contributed by atoms with Crippen molar-refractivity contribution in [3.05, 3.63) is 35.3 Å². The lowest BCUT2D eigenvalue weighted by Gasteiger charge is -2.39. The van der Waals surface area contributed by atoms with Crippen LogP contribution in [0.25, 0.3) is 0 Å². The van der Waals surface area contributed by atoms with Crippen LogP contribution in [0.4, 0.5) is 5.69 Å². The number of rotatable bonds is 4. The smallest absolute Gasteiger partial charge is 0.274 e. The van der Waals surface area contributed by atoms with E-state index in [0.717, 1.165) is 15.8 Å². The summed E-state index contributed by atoms with van der Waals surface area (Å²) in [6.07, 6.45) is 1.92. The second-order valence-electron chi connectivity index (χ2n) is 5.69. The average molecular weight is 377 g/mol. The first-order valence-electron chi connectivity index (χ1n) is 7.78. The highest BCUT2D eigenvalue weighted by Gasteiger charge is 2.34. The number of carbonyl (C=O) groups excluding carboxylic acids is 2. The molecular weight excluding hydrogens is 358 g/mol. The summed E-state index contributed by atoms with van der Waals surface area (Å²) >= 11 is 2.95. The van der Waals surface area contributed by atoms with Gasteiger partial charge in [-0.3, -0.25) is 9.59 Å². The van der Waals surface area contributed by atoms with E-state index in [2.05, 4.69) is 4.98 Å². The van der Waals surface area contributed by atoms with Gasteiger partial charge in [-0.2, -0.15) is 0 Å². The molecule has 132 valence electrons. The molecule has 8 heteroatoms. The van der Waals surface area contributed by atoms with Crippen LogP contribution < -0.4 is 9.64 Å². The van der Waals surface area contributed by atoms with E-state index < -0.39 is 0 Å². The highest BCUT2D eigenvalue weighted by molar-refractivity contribution is 8.00. The van der Waals surface area contributed by atoms with Crippen molar-refractivity contribution < 1.29 is 14.3 Å². The summed E-state index contributed by atoms with van der Waals surface area (Å²) in [4.78, 5) is 32.9. The summed E-state index contributed by atoms with van der Waals surface area (Å²) in [6, 6.07) is 7.26. The third kappa shape index (κ3) is 3.64. The lowest BCUT2D eigenvalue weighted by Crippen LogP contribution is -2.57. The van der Waals surface area contributed by atoms with Crippen molar-refractivity contribution in [2.45, 2.75) is 17.3 Å². The Kier molecular flexibility index (Phi) is 5.29. The summed E-state index contributed by atoms with van der Waals surface area (Å²) in [5.74, 6) is 0.454. The molecule has 25 heavy (non-hydrogen) atoms. The standard InChI is InChI=1S/C17H19N3O3S2/c1-11-8-20(12-4-6-13(23-2)7-5-12)15(21)9-19(11)16(22)14-10-25-17(18-14)24-3/h4-7,10-11H,8-9H2,1-3H3. The average Bonchev–Trinajstić information content (AvgIpc) is 3.12. The third-order valence-corrected chi connectivity index (χ3v) is 5.97. The molecule has 0 saturated carbocycles. The molecule has 1 aromatic carbocycles. The monoisotopic (exact) mass is 377 g/mol. The highest BCUT2D eigenvalue weighted by Crippen LogP contribution is 2.25. The number of hydrogen-bond acceptors (Lipinski definition) is 6. The van der Waals surface area contributed by atoms with Gasteiger partial charge in [-0.1, -0.05) is 11.8 Å². The maximum atomic E-state index is 12.7. The number of nitrogens with zero attached hydrogens (tertiary/aromatic N) is 3. The molecule has 0 bridgehead atoms. The zero-order valence-corrected chi connectivity index (χ0v) is 15.9. The maximum absolute atomic E-state index is 12.7. The molecule has 1 aromatic heterocycles. The van der Waals surface area contributed by atoms with Crippen molar-refractivity contribution in [2.75, 3.05) is 31.4 Å². The molecule has 2 heterocycles. The second-order valence-corrected chi connectivity index (χ2v) is 7.60. The Morgan fingerprint density at radius 3 is 2.68 bits per heavy atom. The SMILES string of the molecule is COc1ccc(N2CC(C)N(C(=O)c3csc(SC)n3)CC2=O)cc1. The Hall–Kier alpha value is -2.06. The number of thiazole rings is 1. The number of thioether (sulfide) groups is 1. The van der Waals surface area contributed by atoms with E-state index in [1.807, 2.05) is 37.4 Å². The number of piperazine rings is 1. The van der Waals surface area contributed by atoms with E-state index in [-0.39, 0.29) is 24.4 Å². The molecule has 1 aliphatic rings. The van der Waals surface area contributed by atoms with Gasteiger partial charge in [-0.15, -0.1) is 11.3 Å². The summed E-state index contributed by atoms with van der Waals surface area (Å²) < 4.78 is 6.00. The lowest BCUT2D eigenvalue weighted by atomic mass is 10.1. The second kappa shape index (κ2) is 7.45. The largest absolute Gasteiger partial charge is 0.497 e. The van der Waals surface area contributed by atoms with Crippen molar-refractivity contribution >= 4 is 40.6 Å². The molecule has 0 spiro atoms. The number of aromatic nitrogens is 1. The van der Waals surface area contributed by atoms with E-state index in [1.165, 1.54) is 23.1 Å². The molecule has 1 atom stereocenters. The van der Waals surface area contributed by atoms with Crippen LogP contribution in [0, 0.1) is 0 Å². The summed E-state index contributed by atoms with van der Waals surface area (Å²) in [7, 11) is 1.60. The molecule has 1 unspecified atom stereocenters. The Morgan fingerprint density at radius 2 is 2.08 bits per heavy atom. The highest BCUT2D eigenvalue weighted by atomic mass is 32.2. The predicted molar refractivity (Wildman–Crippen MR) is 99.7 cm³/mol. The van der Waals surface area contributed by atoms with E-state index >= 15 is 0 Å². The van der Waals surface area contributed by atoms with Gasteiger partial charge in [0, 0.05) is 23.7 Å². The lowest BCUT2D eigenvalue weighted by molar-refractivity contribution is -0.121. The van der Waals surface area contributed by atoms with Crippen molar-refractivity contribution in [3.8, 4) is 5.75 Å². The molecule has 1 fully saturated rings. The summed E-state index contributed by atoms with van der Waals surface area (Å²) in [5, 5.41) is 1.75. The van der Waals surface area contributed by atoms with Gasteiger partial charge in [-0.25, -0.2) is 4.98 Å². The third-order valence-electron chi connectivity index (χ3n) is 4.11. The number of carbonyl (C=O) groups is 2. The Morgan fingerprint density at radius 1 is 1.36 bits per heavy atom. The molecule has 3 rings (SSSR count). The fourth-order valence-corrected chi connectivity index (χ4v) is 3.97. The Balaban J connectivity index is 1.74. The summed E-state index contributed by atoms with van der Waals surface area (Å²) in [5.41, 5.74) is 1.22. The van der Waals surface area contributed by atoms with E-state index in [0.29, 0.717) is 12.2 Å². The van der Waals surface area contributed by atoms with Crippen molar-refractivity contribution in [2.24, 2.45) is 0 Å². The molecule has 0 N–H and O–H groups in total. The first kappa shape index (κ1) is 17.8.